The van der Waals surface area contributed by atoms with Gasteiger partial charge in [0, 0.05) is 26.4 Å². The first kappa shape index (κ1) is 16.1. The zero-order valence-electron chi connectivity index (χ0n) is 11.1. The van der Waals surface area contributed by atoms with Gasteiger partial charge in [-0.1, -0.05) is 0 Å². The number of sulfonamides is 1. The molecule has 0 spiro atoms. The van der Waals surface area contributed by atoms with Gasteiger partial charge in [-0.2, -0.15) is 4.31 Å². The summed E-state index contributed by atoms with van der Waals surface area (Å²) in [6.45, 7) is 0.879. The molecule has 1 aromatic carbocycles. The maximum absolute atomic E-state index is 12.1. The first-order chi connectivity index (χ1) is 8.69. The molecule has 0 fully saturated rings. The molecule has 0 saturated heterocycles. The Labute approximate surface area is 114 Å². The average Bonchev–Trinajstić information content (AvgIpc) is 2.35. The summed E-state index contributed by atoms with van der Waals surface area (Å²) in [5.74, 6) is 0. The maximum Gasteiger partial charge on any atom is 0.242 e. The second-order valence-corrected chi connectivity index (χ2v) is 8.23. The summed E-state index contributed by atoms with van der Waals surface area (Å²) in [5, 5.41) is 2.87. The lowest BCUT2D eigenvalue weighted by molar-refractivity contribution is 0.466. The summed E-state index contributed by atoms with van der Waals surface area (Å²) in [7, 11) is -3.67. The van der Waals surface area contributed by atoms with Crippen LogP contribution >= 0.6 is 0 Å². The van der Waals surface area contributed by atoms with Crippen molar-refractivity contribution in [1.29, 1.82) is 0 Å². The molecule has 6 nitrogen and oxygen atoms in total. The normalized spacial score (nSPS) is 12.8. The SMILES string of the molecule is CNCCN(C)S(=O)(=O)c1ccc(S(C)(=O)=O)cc1. The monoisotopic (exact) mass is 306 g/mol. The summed E-state index contributed by atoms with van der Waals surface area (Å²) < 4.78 is 48.1. The number of sulfone groups is 1. The zero-order valence-corrected chi connectivity index (χ0v) is 12.8. The fourth-order valence-electron chi connectivity index (χ4n) is 1.43. The van der Waals surface area contributed by atoms with Crippen molar-refractivity contribution >= 4 is 19.9 Å². The molecule has 1 aromatic rings. The van der Waals surface area contributed by atoms with Crippen LogP contribution in [-0.4, -0.2) is 54.6 Å². The van der Waals surface area contributed by atoms with Crippen LogP contribution in [0.5, 0.6) is 0 Å². The lowest BCUT2D eigenvalue weighted by atomic mass is 10.4. The molecule has 108 valence electrons. The van der Waals surface area contributed by atoms with Gasteiger partial charge in [0.25, 0.3) is 0 Å². The zero-order chi connectivity index (χ0) is 14.7. The van der Waals surface area contributed by atoms with Crippen molar-refractivity contribution in [3.63, 3.8) is 0 Å². The average molecular weight is 306 g/mol. The van der Waals surface area contributed by atoms with Crippen molar-refractivity contribution in [2.75, 3.05) is 33.4 Å². The van der Waals surface area contributed by atoms with E-state index in [1.807, 2.05) is 0 Å². The first-order valence-corrected chi connectivity index (χ1v) is 8.94. The minimum atomic E-state index is -3.57. The molecule has 0 aliphatic rings. The molecular formula is C11H18N2O4S2. The van der Waals surface area contributed by atoms with E-state index in [4.69, 9.17) is 0 Å². The second kappa shape index (κ2) is 6.00. The Bertz CT molecular complexity index is 621. The number of hydrogen-bond donors (Lipinski definition) is 1. The number of nitrogens with one attached hydrogen (secondary N) is 1. The molecule has 0 radical (unpaired) electrons. The van der Waals surface area contributed by atoms with Crippen LogP contribution in [0.1, 0.15) is 0 Å². The van der Waals surface area contributed by atoms with Gasteiger partial charge >= 0.3 is 0 Å². The number of likely N-dealkylation sites (N-methyl/N-ethyl adjacent to an activating group) is 2. The van der Waals surface area contributed by atoms with Crippen molar-refractivity contribution < 1.29 is 16.8 Å². The molecular weight excluding hydrogens is 288 g/mol. The molecule has 1 rings (SSSR count). The van der Waals surface area contributed by atoms with Gasteiger partial charge in [-0.15, -0.1) is 0 Å². The van der Waals surface area contributed by atoms with E-state index in [0.717, 1.165) is 6.26 Å². The summed E-state index contributed by atoms with van der Waals surface area (Å²) in [5.41, 5.74) is 0. The minimum absolute atomic E-state index is 0.0819. The van der Waals surface area contributed by atoms with Crippen LogP contribution in [0.15, 0.2) is 34.1 Å². The van der Waals surface area contributed by atoms with Gasteiger partial charge in [0.1, 0.15) is 0 Å². The van der Waals surface area contributed by atoms with Crippen molar-refractivity contribution in [3.05, 3.63) is 24.3 Å². The molecule has 0 aliphatic carbocycles. The van der Waals surface area contributed by atoms with Crippen molar-refractivity contribution in [3.8, 4) is 0 Å². The Morgan fingerprint density at radius 1 is 1.05 bits per heavy atom. The summed E-state index contributed by atoms with van der Waals surface area (Å²) in [6.07, 6.45) is 1.08. The van der Waals surface area contributed by atoms with Gasteiger partial charge in [0.15, 0.2) is 9.84 Å². The van der Waals surface area contributed by atoms with Gasteiger partial charge in [-0.25, -0.2) is 16.8 Å². The number of nitrogens with zero attached hydrogens (tertiary/aromatic N) is 1. The molecule has 0 bridgehead atoms. The predicted molar refractivity (Wildman–Crippen MR) is 73.3 cm³/mol. The summed E-state index contributed by atoms with van der Waals surface area (Å²) in [6, 6.07) is 5.21. The van der Waals surface area contributed by atoms with Crippen LogP contribution < -0.4 is 5.32 Å². The Morgan fingerprint density at radius 3 is 1.95 bits per heavy atom. The quantitative estimate of drug-likeness (QED) is 0.795. The van der Waals surface area contributed by atoms with E-state index in [-0.39, 0.29) is 9.79 Å². The molecule has 0 amide bonds. The van der Waals surface area contributed by atoms with Crippen LogP contribution in [0.25, 0.3) is 0 Å². The highest BCUT2D eigenvalue weighted by molar-refractivity contribution is 7.90. The highest BCUT2D eigenvalue weighted by Crippen LogP contribution is 2.17. The minimum Gasteiger partial charge on any atom is -0.318 e. The standard InChI is InChI=1S/C11H18N2O4S2/c1-12-8-9-13(2)19(16,17)11-6-4-10(5-7-11)18(3,14)15/h4-7,12H,8-9H2,1-3H3. The fourth-order valence-corrected chi connectivity index (χ4v) is 3.23. The molecule has 0 saturated carbocycles. The van der Waals surface area contributed by atoms with E-state index in [1.165, 1.54) is 35.6 Å². The third kappa shape index (κ3) is 4.00. The first-order valence-electron chi connectivity index (χ1n) is 5.60. The van der Waals surface area contributed by atoms with Crippen molar-refractivity contribution in [2.24, 2.45) is 0 Å². The second-order valence-electron chi connectivity index (χ2n) is 4.17. The van der Waals surface area contributed by atoms with E-state index in [0.29, 0.717) is 13.1 Å². The molecule has 8 heteroatoms. The molecule has 0 aromatic heterocycles. The molecule has 0 atom stereocenters. The molecule has 19 heavy (non-hydrogen) atoms. The third-order valence-electron chi connectivity index (χ3n) is 2.64. The Morgan fingerprint density at radius 2 is 1.53 bits per heavy atom. The van der Waals surface area contributed by atoms with Crippen molar-refractivity contribution in [2.45, 2.75) is 9.79 Å². The van der Waals surface area contributed by atoms with Gasteiger partial charge in [0.2, 0.25) is 10.0 Å². The smallest absolute Gasteiger partial charge is 0.242 e. The highest BCUT2D eigenvalue weighted by atomic mass is 32.2. The largest absolute Gasteiger partial charge is 0.318 e. The molecule has 0 heterocycles. The lowest BCUT2D eigenvalue weighted by Gasteiger charge is -2.17. The van der Waals surface area contributed by atoms with Gasteiger partial charge in [-0.05, 0) is 31.3 Å². The molecule has 0 aliphatic heterocycles. The fraction of sp³-hybridized carbons (Fsp3) is 0.455. The summed E-state index contributed by atoms with van der Waals surface area (Å²) >= 11 is 0. The number of benzene rings is 1. The van der Waals surface area contributed by atoms with Crippen LogP contribution in [0.3, 0.4) is 0 Å². The van der Waals surface area contributed by atoms with E-state index >= 15 is 0 Å². The number of hydrogen-bond acceptors (Lipinski definition) is 5. The number of rotatable bonds is 6. The highest BCUT2D eigenvalue weighted by Gasteiger charge is 2.20. The van der Waals surface area contributed by atoms with Gasteiger partial charge in [-0.3, -0.25) is 0 Å². The topological polar surface area (TPSA) is 83.6 Å². The molecule has 0 unspecified atom stereocenters. The predicted octanol–water partition coefficient (Wildman–Crippen LogP) is -0.0700. The van der Waals surface area contributed by atoms with Crippen LogP contribution in [0.4, 0.5) is 0 Å². The summed E-state index contributed by atoms with van der Waals surface area (Å²) in [4.78, 5) is 0.183. The van der Waals surface area contributed by atoms with Crippen LogP contribution in [0.2, 0.25) is 0 Å². The Hall–Kier alpha value is -0.960. The lowest BCUT2D eigenvalue weighted by Crippen LogP contribution is -2.32. The van der Waals surface area contributed by atoms with E-state index in [1.54, 1.807) is 7.05 Å². The van der Waals surface area contributed by atoms with Gasteiger partial charge < -0.3 is 5.32 Å². The van der Waals surface area contributed by atoms with Crippen LogP contribution in [0, 0.1) is 0 Å². The Kier molecular flexibility index (Phi) is 5.08. The van der Waals surface area contributed by atoms with Gasteiger partial charge in [0.05, 0.1) is 9.79 Å². The third-order valence-corrected chi connectivity index (χ3v) is 5.64. The van der Waals surface area contributed by atoms with E-state index in [9.17, 15) is 16.8 Å². The van der Waals surface area contributed by atoms with Crippen LogP contribution in [-0.2, 0) is 19.9 Å². The molecule has 1 N–H and O–H groups in total. The van der Waals surface area contributed by atoms with E-state index < -0.39 is 19.9 Å². The van der Waals surface area contributed by atoms with E-state index in [2.05, 4.69) is 5.32 Å². The van der Waals surface area contributed by atoms with Crippen molar-refractivity contribution in [1.82, 2.24) is 9.62 Å². The Balaban J connectivity index is 3.03. The maximum atomic E-state index is 12.1.